The zero-order chi connectivity index (χ0) is 15.7. The number of benzene rings is 2. The normalized spacial score (nSPS) is 11.4. The average molecular weight is 287 g/mol. The van der Waals surface area contributed by atoms with Crippen molar-refractivity contribution in [2.24, 2.45) is 5.73 Å². The summed E-state index contributed by atoms with van der Waals surface area (Å²) in [5.74, 6) is 0. The molecule has 3 rings (SSSR count). The van der Waals surface area contributed by atoms with Gasteiger partial charge in [-0.05, 0) is 31.0 Å². The van der Waals surface area contributed by atoms with Crippen LogP contribution in [-0.4, -0.2) is 4.98 Å². The molecule has 0 amide bonds. The van der Waals surface area contributed by atoms with Crippen LogP contribution in [0.1, 0.15) is 25.0 Å². The minimum absolute atomic E-state index is 0.369. The van der Waals surface area contributed by atoms with Gasteiger partial charge < -0.3 is 5.73 Å². The Balaban J connectivity index is 2.16. The third kappa shape index (κ3) is 2.45. The number of nitrogens with zero attached hydrogens (tertiary/aromatic N) is 2. The Morgan fingerprint density at radius 2 is 1.77 bits per heavy atom. The number of nitrogens with two attached hydrogens (primary N) is 1. The summed E-state index contributed by atoms with van der Waals surface area (Å²) in [4.78, 5) is 4.11. The highest BCUT2D eigenvalue weighted by Gasteiger charge is 2.14. The molecule has 22 heavy (non-hydrogen) atoms. The minimum Gasteiger partial charge on any atom is -0.322 e. The van der Waals surface area contributed by atoms with Gasteiger partial charge in [-0.2, -0.15) is 5.26 Å². The number of pyridine rings is 1. The number of fused-ring (bicyclic) bond motifs is 1. The van der Waals surface area contributed by atoms with Crippen LogP contribution >= 0.6 is 0 Å². The molecule has 0 fully saturated rings. The van der Waals surface area contributed by atoms with E-state index in [0.717, 1.165) is 27.5 Å². The zero-order valence-electron chi connectivity index (χ0n) is 12.7. The van der Waals surface area contributed by atoms with E-state index in [1.807, 2.05) is 56.3 Å². The number of aromatic nitrogens is 1. The molecule has 3 aromatic rings. The Morgan fingerprint density at radius 3 is 2.41 bits per heavy atom. The lowest BCUT2D eigenvalue weighted by Gasteiger charge is -2.19. The second kappa shape index (κ2) is 5.25. The minimum atomic E-state index is -0.369. The molecule has 0 saturated heterocycles. The van der Waals surface area contributed by atoms with Crippen molar-refractivity contribution >= 4 is 10.8 Å². The van der Waals surface area contributed by atoms with Gasteiger partial charge in [-0.25, -0.2) is 0 Å². The molecule has 0 atom stereocenters. The standard InChI is InChI=1S/C19H17N3/c1-19(2,21)15-6-3-13(4-7-15)16-8-5-14-12-22-10-9-17(14)18(16)11-20/h3-10,12H,21H2,1-2H3. The van der Waals surface area contributed by atoms with Crippen LogP contribution in [0.3, 0.4) is 0 Å². The summed E-state index contributed by atoms with van der Waals surface area (Å²) in [5.41, 5.74) is 9.45. The summed E-state index contributed by atoms with van der Waals surface area (Å²) in [6, 6.07) is 16.3. The second-order valence-corrected chi connectivity index (χ2v) is 6.00. The van der Waals surface area contributed by atoms with E-state index in [4.69, 9.17) is 5.73 Å². The molecule has 0 unspecified atom stereocenters. The van der Waals surface area contributed by atoms with Gasteiger partial charge in [0.15, 0.2) is 0 Å². The first-order chi connectivity index (χ1) is 10.5. The summed E-state index contributed by atoms with van der Waals surface area (Å²) >= 11 is 0. The molecule has 1 heterocycles. The maximum Gasteiger partial charge on any atom is 0.100 e. The molecule has 3 nitrogen and oxygen atoms in total. The summed E-state index contributed by atoms with van der Waals surface area (Å²) in [6.45, 7) is 3.96. The zero-order valence-corrected chi connectivity index (χ0v) is 12.7. The van der Waals surface area contributed by atoms with Gasteiger partial charge in [-0.15, -0.1) is 0 Å². The van der Waals surface area contributed by atoms with Crippen LogP contribution in [0.15, 0.2) is 54.9 Å². The predicted molar refractivity (Wildman–Crippen MR) is 89.1 cm³/mol. The summed E-state index contributed by atoms with van der Waals surface area (Å²) in [6.07, 6.45) is 3.49. The fraction of sp³-hybridized carbons (Fsp3) is 0.158. The van der Waals surface area contributed by atoms with E-state index in [0.29, 0.717) is 5.56 Å². The van der Waals surface area contributed by atoms with Crippen molar-refractivity contribution in [1.29, 1.82) is 5.26 Å². The highest BCUT2D eigenvalue weighted by molar-refractivity contribution is 5.93. The first-order valence-electron chi connectivity index (χ1n) is 7.17. The Bertz CT molecular complexity index is 866. The van der Waals surface area contributed by atoms with Gasteiger partial charge in [-0.1, -0.05) is 36.4 Å². The van der Waals surface area contributed by atoms with Gasteiger partial charge in [0.05, 0.1) is 5.56 Å². The van der Waals surface area contributed by atoms with Gasteiger partial charge in [0.2, 0.25) is 0 Å². The fourth-order valence-electron chi connectivity index (χ4n) is 2.61. The second-order valence-electron chi connectivity index (χ2n) is 6.00. The lowest BCUT2D eigenvalue weighted by molar-refractivity contribution is 0.554. The molecule has 1 aromatic heterocycles. The summed E-state index contributed by atoms with van der Waals surface area (Å²) < 4.78 is 0. The summed E-state index contributed by atoms with van der Waals surface area (Å²) in [5, 5.41) is 11.5. The van der Waals surface area contributed by atoms with Crippen molar-refractivity contribution in [3.8, 4) is 17.2 Å². The molecule has 0 saturated carbocycles. The largest absolute Gasteiger partial charge is 0.322 e. The lowest BCUT2D eigenvalue weighted by Crippen LogP contribution is -2.28. The van der Waals surface area contributed by atoms with Gasteiger partial charge in [-0.3, -0.25) is 4.98 Å². The molecule has 0 radical (unpaired) electrons. The van der Waals surface area contributed by atoms with E-state index in [9.17, 15) is 5.26 Å². The first kappa shape index (κ1) is 14.2. The SMILES string of the molecule is CC(C)(N)c1ccc(-c2ccc3cnccc3c2C#N)cc1. The molecule has 2 N–H and O–H groups in total. The van der Waals surface area contributed by atoms with Crippen LogP contribution < -0.4 is 5.73 Å². The fourth-order valence-corrected chi connectivity index (χ4v) is 2.61. The summed E-state index contributed by atoms with van der Waals surface area (Å²) in [7, 11) is 0. The topological polar surface area (TPSA) is 62.7 Å². The third-order valence-electron chi connectivity index (χ3n) is 3.87. The van der Waals surface area contributed by atoms with E-state index in [1.165, 1.54) is 0 Å². The molecule has 0 bridgehead atoms. The highest BCUT2D eigenvalue weighted by atomic mass is 14.7. The number of hydrogen-bond donors (Lipinski definition) is 1. The third-order valence-corrected chi connectivity index (χ3v) is 3.87. The highest BCUT2D eigenvalue weighted by Crippen LogP contribution is 2.30. The Labute approximate surface area is 130 Å². The maximum absolute atomic E-state index is 9.57. The van der Waals surface area contributed by atoms with Crippen LogP contribution in [0.2, 0.25) is 0 Å². The molecule has 0 aliphatic carbocycles. The van der Waals surface area contributed by atoms with Crippen molar-refractivity contribution in [1.82, 2.24) is 4.98 Å². The van der Waals surface area contributed by atoms with E-state index >= 15 is 0 Å². The Morgan fingerprint density at radius 1 is 1.05 bits per heavy atom. The van der Waals surface area contributed by atoms with Gasteiger partial charge in [0.25, 0.3) is 0 Å². The van der Waals surface area contributed by atoms with E-state index < -0.39 is 0 Å². The quantitative estimate of drug-likeness (QED) is 0.775. The van der Waals surface area contributed by atoms with Crippen LogP contribution in [-0.2, 0) is 5.54 Å². The monoisotopic (exact) mass is 287 g/mol. The maximum atomic E-state index is 9.57. The van der Waals surface area contributed by atoms with E-state index in [-0.39, 0.29) is 5.54 Å². The smallest absolute Gasteiger partial charge is 0.100 e. The molecule has 2 aromatic carbocycles. The van der Waals surface area contributed by atoms with Crippen molar-refractivity contribution in [2.75, 3.05) is 0 Å². The lowest BCUT2D eigenvalue weighted by atomic mass is 9.91. The molecule has 0 spiro atoms. The van der Waals surface area contributed by atoms with Crippen molar-refractivity contribution in [3.05, 3.63) is 66.0 Å². The van der Waals surface area contributed by atoms with Crippen LogP contribution in [0.4, 0.5) is 0 Å². The van der Waals surface area contributed by atoms with Crippen molar-refractivity contribution < 1.29 is 0 Å². The molecule has 3 heteroatoms. The molecule has 0 aliphatic heterocycles. The molecule has 108 valence electrons. The van der Waals surface area contributed by atoms with Gasteiger partial charge in [0.1, 0.15) is 6.07 Å². The Kier molecular flexibility index (Phi) is 3.40. The van der Waals surface area contributed by atoms with Crippen LogP contribution in [0.5, 0.6) is 0 Å². The molecule has 0 aliphatic rings. The van der Waals surface area contributed by atoms with Crippen molar-refractivity contribution in [2.45, 2.75) is 19.4 Å². The average Bonchev–Trinajstić information content (AvgIpc) is 2.53. The van der Waals surface area contributed by atoms with E-state index in [2.05, 4.69) is 11.1 Å². The van der Waals surface area contributed by atoms with E-state index in [1.54, 1.807) is 12.4 Å². The Hall–Kier alpha value is -2.70. The number of nitriles is 1. The number of hydrogen-bond acceptors (Lipinski definition) is 3. The number of rotatable bonds is 2. The predicted octanol–water partition coefficient (Wildman–Crippen LogP) is 3.97. The van der Waals surface area contributed by atoms with Crippen LogP contribution in [0.25, 0.3) is 21.9 Å². The van der Waals surface area contributed by atoms with Gasteiger partial charge in [0, 0.05) is 34.3 Å². The molecular weight excluding hydrogens is 270 g/mol. The van der Waals surface area contributed by atoms with Crippen molar-refractivity contribution in [3.63, 3.8) is 0 Å². The van der Waals surface area contributed by atoms with Crippen LogP contribution in [0, 0.1) is 11.3 Å². The first-order valence-corrected chi connectivity index (χ1v) is 7.17. The molecular formula is C19H17N3. The van der Waals surface area contributed by atoms with Gasteiger partial charge >= 0.3 is 0 Å².